The molecule has 3 rings (SSSR count). The molecule has 1 N–H and O–H groups in total. The molecule has 0 bridgehead atoms. The minimum atomic E-state index is 0.236. The fraction of sp³-hybridized carbons (Fsp3) is 0.333. The van der Waals surface area contributed by atoms with Gasteiger partial charge in [-0.1, -0.05) is 18.2 Å². The molecule has 0 saturated heterocycles. The molecule has 4 nitrogen and oxygen atoms in total. The van der Waals surface area contributed by atoms with E-state index < -0.39 is 0 Å². The van der Waals surface area contributed by atoms with Crippen molar-refractivity contribution >= 4 is 5.82 Å². The maximum atomic E-state index is 5.67. The van der Waals surface area contributed by atoms with Crippen molar-refractivity contribution in [2.45, 2.75) is 26.3 Å². The van der Waals surface area contributed by atoms with E-state index in [1.165, 1.54) is 5.56 Å². The molecule has 1 unspecified atom stereocenters. The summed E-state index contributed by atoms with van der Waals surface area (Å²) in [5.74, 6) is 1.83. The molecule has 19 heavy (non-hydrogen) atoms. The van der Waals surface area contributed by atoms with E-state index in [9.17, 15) is 0 Å². The van der Waals surface area contributed by atoms with Gasteiger partial charge >= 0.3 is 0 Å². The number of nitrogens with one attached hydrogen (secondary N) is 1. The number of nitrogens with zero attached hydrogens (tertiary/aromatic N) is 2. The van der Waals surface area contributed by atoms with Gasteiger partial charge in [-0.15, -0.1) is 0 Å². The molecule has 1 aliphatic rings. The summed E-state index contributed by atoms with van der Waals surface area (Å²) >= 11 is 0. The maximum absolute atomic E-state index is 5.67. The topological polar surface area (TPSA) is 47.0 Å². The van der Waals surface area contributed by atoms with Crippen molar-refractivity contribution in [2.75, 3.05) is 11.9 Å². The van der Waals surface area contributed by atoms with Gasteiger partial charge in [-0.2, -0.15) is 0 Å². The van der Waals surface area contributed by atoms with Crippen LogP contribution in [0.15, 0.2) is 30.5 Å². The van der Waals surface area contributed by atoms with Gasteiger partial charge in [0.1, 0.15) is 11.6 Å². The predicted octanol–water partition coefficient (Wildman–Crippen LogP) is 3.03. The number of para-hydroxylation sites is 1. The van der Waals surface area contributed by atoms with Crippen molar-refractivity contribution in [2.24, 2.45) is 0 Å². The average Bonchev–Trinajstić information content (AvgIpc) is 2.43. The minimum Gasteiger partial charge on any atom is -0.493 e. The molecule has 1 aromatic heterocycles. The molecule has 2 heterocycles. The first-order valence-corrected chi connectivity index (χ1v) is 6.52. The lowest BCUT2D eigenvalue weighted by molar-refractivity contribution is 0.274. The second-order valence-electron chi connectivity index (χ2n) is 4.82. The molecular weight excluding hydrogens is 238 g/mol. The van der Waals surface area contributed by atoms with Crippen LogP contribution in [0, 0.1) is 13.8 Å². The highest BCUT2D eigenvalue weighted by Crippen LogP contribution is 2.33. The highest BCUT2D eigenvalue weighted by molar-refractivity contribution is 5.46. The zero-order chi connectivity index (χ0) is 13.2. The van der Waals surface area contributed by atoms with Gasteiger partial charge in [0.05, 0.1) is 24.0 Å². The van der Waals surface area contributed by atoms with Crippen LogP contribution in [0.3, 0.4) is 0 Å². The number of aryl methyl sites for hydroxylation is 2. The number of hydrogen-bond acceptors (Lipinski definition) is 4. The van der Waals surface area contributed by atoms with Crippen LogP contribution in [0.5, 0.6) is 5.75 Å². The summed E-state index contributed by atoms with van der Waals surface area (Å²) < 4.78 is 5.67. The van der Waals surface area contributed by atoms with Crippen LogP contribution in [0.1, 0.15) is 29.4 Å². The van der Waals surface area contributed by atoms with Crippen molar-refractivity contribution in [1.82, 2.24) is 9.97 Å². The summed E-state index contributed by atoms with van der Waals surface area (Å²) in [6.45, 7) is 4.66. The van der Waals surface area contributed by atoms with Crippen LogP contribution >= 0.6 is 0 Å². The van der Waals surface area contributed by atoms with Gasteiger partial charge in [-0.05, 0) is 19.9 Å². The molecule has 0 fully saturated rings. The molecule has 98 valence electrons. The Morgan fingerprint density at radius 3 is 3.00 bits per heavy atom. The molecule has 1 aliphatic heterocycles. The standard InChI is InChI=1S/C15H17N3O/c1-10-9-16-11(2)15(17-10)18-13-7-8-19-14-6-4-3-5-12(13)14/h3-6,9,13H,7-8H2,1-2H3,(H,17,18). The van der Waals surface area contributed by atoms with Gasteiger partial charge < -0.3 is 10.1 Å². The smallest absolute Gasteiger partial charge is 0.148 e. The van der Waals surface area contributed by atoms with Gasteiger partial charge in [0, 0.05) is 18.2 Å². The van der Waals surface area contributed by atoms with E-state index in [-0.39, 0.29) is 6.04 Å². The Bertz CT molecular complexity index is 598. The fourth-order valence-corrected chi connectivity index (χ4v) is 2.33. The third-order valence-corrected chi connectivity index (χ3v) is 3.35. The van der Waals surface area contributed by atoms with Gasteiger partial charge in [0.15, 0.2) is 0 Å². The van der Waals surface area contributed by atoms with Crippen molar-refractivity contribution in [3.05, 3.63) is 47.4 Å². The number of rotatable bonds is 2. The van der Waals surface area contributed by atoms with Gasteiger partial charge in [-0.3, -0.25) is 4.98 Å². The summed E-state index contributed by atoms with van der Waals surface area (Å²) in [4.78, 5) is 8.87. The zero-order valence-corrected chi connectivity index (χ0v) is 11.2. The number of aromatic nitrogens is 2. The fourth-order valence-electron chi connectivity index (χ4n) is 2.33. The van der Waals surface area contributed by atoms with E-state index in [0.29, 0.717) is 0 Å². The molecule has 0 spiro atoms. The summed E-state index contributed by atoms with van der Waals surface area (Å²) in [5, 5.41) is 3.49. The van der Waals surface area contributed by atoms with Crippen LogP contribution in [-0.2, 0) is 0 Å². The first-order chi connectivity index (χ1) is 9.24. The number of ether oxygens (including phenoxy) is 1. The lowest BCUT2D eigenvalue weighted by Gasteiger charge is -2.27. The van der Waals surface area contributed by atoms with Crippen LogP contribution in [0.4, 0.5) is 5.82 Å². The summed E-state index contributed by atoms with van der Waals surface area (Å²) in [6.07, 6.45) is 2.73. The zero-order valence-electron chi connectivity index (χ0n) is 11.2. The van der Waals surface area contributed by atoms with Crippen LogP contribution < -0.4 is 10.1 Å². The molecule has 0 radical (unpaired) electrons. The van der Waals surface area contributed by atoms with Crippen molar-refractivity contribution in [3.63, 3.8) is 0 Å². The number of fused-ring (bicyclic) bond motifs is 1. The largest absolute Gasteiger partial charge is 0.493 e. The number of hydrogen-bond donors (Lipinski definition) is 1. The van der Waals surface area contributed by atoms with Gasteiger partial charge in [-0.25, -0.2) is 4.98 Å². The second-order valence-corrected chi connectivity index (χ2v) is 4.82. The second kappa shape index (κ2) is 4.88. The van der Waals surface area contributed by atoms with Crippen LogP contribution in [-0.4, -0.2) is 16.6 Å². The van der Waals surface area contributed by atoms with E-state index in [4.69, 9.17) is 4.74 Å². The maximum Gasteiger partial charge on any atom is 0.148 e. The lowest BCUT2D eigenvalue weighted by Crippen LogP contribution is -2.21. The minimum absolute atomic E-state index is 0.236. The first-order valence-electron chi connectivity index (χ1n) is 6.52. The molecular formula is C15H17N3O. The van der Waals surface area contributed by atoms with E-state index in [1.807, 2.05) is 32.0 Å². The van der Waals surface area contributed by atoms with Gasteiger partial charge in [0.2, 0.25) is 0 Å². The van der Waals surface area contributed by atoms with E-state index >= 15 is 0 Å². The number of anilines is 1. The average molecular weight is 255 g/mol. The Balaban J connectivity index is 1.90. The molecule has 0 aliphatic carbocycles. The van der Waals surface area contributed by atoms with E-state index in [1.54, 1.807) is 6.20 Å². The molecule has 1 aromatic carbocycles. The predicted molar refractivity (Wildman–Crippen MR) is 74.4 cm³/mol. The Kier molecular flexibility index (Phi) is 3.07. The normalized spacial score (nSPS) is 17.5. The van der Waals surface area contributed by atoms with Crippen molar-refractivity contribution in [3.8, 4) is 5.75 Å². The Labute approximate surface area is 112 Å². The van der Waals surface area contributed by atoms with E-state index in [0.717, 1.165) is 36.0 Å². The third kappa shape index (κ3) is 2.38. The molecule has 0 amide bonds. The van der Waals surface area contributed by atoms with E-state index in [2.05, 4.69) is 21.4 Å². The van der Waals surface area contributed by atoms with Crippen molar-refractivity contribution in [1.29, 1.82) is 0 Å². The van der Waals surface area contributed by atoms with Crippen LogP contribution in [0.2, 0.25) is 0 Å². The summed E-state index contributed by atoms with van der Waals surface area (Å²) in [7, 11) is 0. The highest BCUT2D eigenvalue weighted by atomic mass is 16.5. The van der Waals surface area contributed by atoms with Crippen LogP contribution in [0.25, 0.3) is 0 Å². The number of benzene rings is 1. The summed E-state index contributed by atoms with van der Waals surface area (Å²) in [5.41, 5.74) is 3.04. The summed E-state index contributed by atoms with van der Waals surface area (Å²) in [6, 6.07) is 8.39. The Morgan fingerprint density at radius 1 is 1.26 bits per heavy atom. The molecule has 0 saturated carbocycles. The monoisotopic (exact) mass is 255 g/mol. The molecule has 2 aromatic rings. The molecule has 4 heteroatoms. The van der Waals surface area contributed by atoms with Crippen molar-refractivity contribution < 1.29 is 4.74 Å². The SMILES string of the molecule is Cc1cnc(C)c(NC2CCOc3ccccc32)n1. The lowest BCUT2D eigenvalue weighted by atomic mass is 10.0. The molecule has 1 atom stereocenters. The van der Waals surface area contributed by atoms with Gasteiger partial charge in [0.25, 0.3) is 0 Å². The first kappa shape index (κ1) is 12.0. The Hall–Kier alpha value is -2.10. The third-order valence-electron chi connectivity index (χ3n) is 3.35. The quantitative estimate of drug-likeness (QED) is 0.896. The Morgan fingerprint density at radius 2 is 2.11 bits per heavy atom. The highest BCUT2D eigenvalue weighted by Gasteiger charge is 2.21.